The molecule has 1 N–H and O–H groups in total. The molecule has 184 valence electrons. The number of hydrogen-bond donors (Lipinski definition) is 1. The quantitative estimate of drug-likeness (QED) is 0.290. The van der Waals surface area contributed by atoms with Gasteiger partial charge in [-0.2, -0.15) is 0 Å². The van der Waals surface area contributed by atoms with Crippen LogP contribution in [0.2, 0.25) is 0 Å². The molecule has 1 amide bonds. The van der Waals surface area contributed by atoms with Gasteiger partial charge in [-0.1, -0.05) is 19.8 Å². The Morgan fingerprint density at radius 3 is 2.30 bits per heavy atom. The van der Waals surface area contributed by atoms with Gasteiger partial charge in [0, 0.05) is 37.7 Å². The maximum absolute atomic E-state index is 13.0. The molecular weight excluding hydrogens is 450 g/mol. The molecule has 2 atom stereocenters. The predicted octanol–water partition coefficient (Wildman–Crippen LogP) is 2.87. The van der Waals surface area contributed by atoms with E-state index in [0.717, 1.165) is 25.0 Å². The molecule has 11 heteroatoms. The first-order chi connectivity index (χ1) is 15.2. The molecule has 1 aliphatic carbocycles. The lowest BCUT2D eigenvalue weighted by Crippen LogP contribution is -2.47. The fourth-order valence-corrected chi connectivity index (χ4v) is 4.47. The summed E-state index contributed by atoms with van der Waals surface area (Å²) in [6.07, 6.45) is 2.64. The molecule has 0 saturated heterocycles. The average Bonchev–Trinajstić information content (AvgIpc) is 3.52. The number of non-ortho nitro benzene ring substituents is 1. The van der Waals surface area contributed by atoms with Crippen molar-refractivity contribution in [2.24, 2.45) is 11.8 Å². The third-order valence-electron chi connectivity index (χ3n) is 5.38. The smallest absolute Gasteiger partial charge is 0.307 e. The largest absolute Gasteiger partial charge is 0.460 e. The van der Waals surface area contributed by atoms with Crippen LogP contribution in [0.1, 0.15) is 53.4 Å². The molecule has 10 nitrogen and oxygen atoms in total. The Bertz CT molecular complexity index is 967. The van der Waals surface area contributed by atoms with Crippen molar-refractivity contribution in [2.75, 3.05) is 13.6 Å². The first kappa shape index (κ1) is 26.7. The van der Waals surface area contributed by atoms with Gasteiger partial charge in [-0.3, -0.25) is 19.7 Å². The predicted molar refractivity (Wildman–Crippen MR) is 122 cm³/mol. The van der Waals surface area contributed by atoms with Gasteiger partial charge in [-0.15, -0.1) is 0 Å². The summed E-state index contributed by atoms with van der Waals surface area (Å²) in [7, 11) is -2.30. The van der Waals surface area contributed by atoms with Crippen LogP contribution in [0, 0.1) is 22.0 Å². The van der Waals surface area contributed by atoms with Crippen LogP contribution in [0.15, 0.2) is 29.2 Å². The number of hydrogen-bond acceptors (Lipinski definition) is 7. The van der Waals surface area contributed by atoms with E-state index in [1.54, 1.807) is 34.7 Å². The van der Waals surface area contributed by atoms with E-state index in [4.69, 9.17) is 4.74 Å². The molecule has 1 aromatic carbocycles. The fraction of sp³-hybridized carbons (Fsp3) is 0.636. The van der Waals surface area contributed by atoms with Gasteiger partial charge in [0.05, 0.1) is 16.2 Å². The van der Waals surface area contributed by atoms with Gasteiger partial charge in [0.2, 0.25) is 15.9 Å². The molecule has 2 rings (SSSR count). The van der Waals surface area contributed by atoms with E-state index in [-0.39, 0.29) is 35.5 Å². The van der Waals surface area contributed by atoms with E-state index < -0.39 is 32.4 Å². The number of amides is 1. The van der Waals surface area contributed by atoms with Crippen molar-refractivity contribution in [1.29, 1.82) is 0 Å². The molecule has 1 aromatic rings. The van der Waals surface area contributed by atoms with Crippen LogP contribution >= 0.6 is 0 Å². The van der Waals surface area contributed by atoms with E-state index in [1.165, 1.54) is 17.0 Å². The molecule has 0 aromatic heterocycles. The zero-order valence-corrected chi connectivity index (χ0v) is 20.6. The van der Waals surface area contributed by atoms with Crippen molar-refractivity contribution in [3.05, 3.63) is 34.4 Å². The summed E-state index contributed by atoms with van der Waals surface area (Å²) >= 11 is 0. The number of sulfonamides is 1. The third-order valence-corrected chi connectivity index (χ3v) is 6.82. The molecule has 0 bridgehead atoms. The number of nitro benzene ring substituents is 1. The summed E-state index contributed by atoms with van der Waals surface area (Å²) in [4.78, 5) is 36.7. The lowest BCUT2D eigenvalue weighted by atomic mass is 10.0. The Balaban J connectivity index is 2.04. The summed E-state index contributed by atoms with van der Waals surface area (Å²) in [5.41, 5.74) is -0.846. The summed E-state index contributed by atoms with van der Waals surface area (Å²) in [5, 5.41) is 10.8. The second-order valence-electron chi connectivity index (χ2n) is 9.58. The van der Waals surface area contributed by atoms with Crippen molar-refractivity contribution < 1.29 is 27.7 Å². The lowest BCUT2D eigenvalue weighted by Gasteiger charge is -2.31. The molecule has 33 heavy (non-hydrogen) atoms. The fourth-order valence-electron chi connectivity index (χ4n) is 3.40. The number of likely N-dealkylation sites (N-methyl/N-ethyl adjacent to an activating group) is 1. The second-order valence-corrected chi connectivity index (χ2v) is 11.3. The van der Waals surface area contributed by atoms with Crippen LogP contribution in [-0.4, -0.2) is 55.4 Å². The van der Waals surface area contributed by atoms with Crippen molar-refractivity contribution in [2.45, 2.75) is 69.9 Å². The summed E-state index contributed by atoms with van der Waals surface area (Å²) < 4.78 is 33.2. The summed E-state index contributed by atoms with van der Waals surface area (Å²) in [6, 6.07) is 4.22. The molecule has 0 spiro atoms. The lowest BCUT2D eigenvalue weighted by molar-refractivity contribution is -0.384. The van der Waals surface area contributed by atoms with E-state index in [9.17, 15) is 28.1 Å². The summed E-state index contributed by atoms with van der Waals surface area (Å²) in [6.45, 7) is 6.92. The zero-order chi connectivity index (χ0) is 25.0. The Kier molecular flexibility index (Phi) is 8.58. The number of carbonyl (C=O) groups is 2. The standard InChI is InChI=1S/C22H33N3O7S/c1-15(12-20(26)32-22(2,3)4)21(27)24(5)18(13-16-6-7-16)14-23-33(30,31)19-10-8-17(9-11-19)25(28)29/h8-11,15-16,18,23H,6-7,12-14H2,1-5H3/t15-,18+/m1/s1. The maximum Gasteiger partial charge on any atom is 0.307 e. The van der Waals surface area contributed by atoms with Crippen LogP contribution in [0.5, 0.6) is 0 Å². The zero-order valence-electron chi connectivity index (χ0n) is 19.7. The Hall–Kier alpha value is -2.53. The van der Waals surface area contributed by atoms with E-state index in [2.05, 4.69) is 4.72 Å². The van der Waals surface area contributed by atoms with E-state index >= 15 is 0 Å². The molecule has 1 fully saturated rings. The molecular formula is C22H33N3O7S. The van der Waals surface area contributed by atoms with Gasteiger partial charge in [-0.05, 0) is 45.2 Å². The number of benzene rings is 1. The highest BCUT2D eigenvalue weighted by Gasteiger charge is 2.33. The second kappa shape index (κ2) is 10.6. The van der Waals surface area contributed by atoms with Gasteiger partial charge < -0.3 is 9.64 Å². The Morgan fingerprint density at radius 2 is 1.82 bits per heavy atom. The van der Waals surface area contributed by atoms with Crippen molar-refractivity contribution in [3.63, 3.8) is 0 Å². The van der Waals surface area contributed by atoms with Gasteiger partial charge in [0.15, 0.2) is 0 Å². The van der Waals surface area contributed by atoms with Crippen LogP contribution in [0.3, 0.4) is 0 Å². The highest BCUT2D eigenvalue weighted by molar-refractivity contribution is 7.89. The third kappa shape index (κ3) is 8.39. The maximum atomic E-state index is 13.0. The number of ether oxygens (including phenoxy) is 1. The molecule has 1 saturated carbocycles. The topological polar surface area (TPSA) is 136 Å². The first-order valence-electron chi connectivity index (χ1n) is 10.9. The Morgan fingerprint density at radius 1 is 1.24 bits per heavy atom. The van der Waals surface area contributed by atoms with Crippen LogP contribution < -0.4 is 4.72 Å². The normalized spacial score (nSPS) is 16.0. The molecule has 0 aliphatic heterocycles. The number of rotatable bonds is 11. The minimum atomic E-state index is -3.92. The highest BCUT2D eigenvalue weighted by atomic mass is 32.2. The minimum absolute atomic E-state index is 0.00276. The number of nitrogens with zero attached hydrogens (tertiary/aromatic N) is 2. The van der Waals surface area contributed by atoms with E-state index in [0.29, 0.717) is 12.3 Å². The van der Waals surface area contributed by atoms with Crippen LogP contribution in [-0.2, 0) is 24.3 Å². The Labute approximate surface area is 194 Å². The van der Waals surface area contributed by atoms with E-state index in [1.807, 2.05) is 0 Å². The number of nitro groups is 1. The number of carbonyl (C=O) groups excluding carboxylic acids is 2. The SMILES string of the molecule is C[C@H](CC(=O)OC(C)(C)C)C(=O)N(C)[C@H](CNS(=O)(=O)c1ccc([N+](=O)[O-])cc1)CC1CC1. The average molecular weight is 484 g/mol. The van der Waals surface area contributed by atoms with Gasteiger partial charge in [-0.25, -0.2) is 13.1 Å². The van der Waals surface area contributed by atoms with Crippen molar-refractivity contribution >= 4 is 27.6 Å². The van der Waals surface area contributed by atoms with Gasteiger partial charge in [0.25, 0.3) is 5.69 Å². The molecule has 0 heterocycles. The minimum Gasteiger partial charge on any atom is -0.460 e. The van der Waals surface area contributed by atoms with Gasteiger partial charge in [0.1, 0.15) is 5.60 Å². The van der Waals surface area contributed by atoms with Crippen LogP contribution in [0.4, 0.5) is 5.69 Å². The van der Waals surface area contributed by atoms with Crippen molar-refractivity contribution in [3.8, 4) is 0 Å². The first-order valence-corrected chi connectivity index (χ1v) is 12.4. The molecule has 0 radical (unpaired) electrons. The van der Waals surface area contributed by atoms with Gasteiger partial charge >= 0.3 is 5.97 Å². The van der Waals surface area contributed by atoms with Crippen LogP contribution in [0.25, 0.3) is 0 Å². The number of nitrogens with one attached hydrogen (secondary N) is 1. The summed E-state index contributed by atoms with van der Waals surface area (Å²) in [5.74, 6) is -0.913. The number of esters is 1. The van der Waals surface area contributed by atoms with Crippen molar-refractivity contribution in [1.82, 2.24) is 9.62 Å². The molecule has 0 unspecified atom stereocenters. The monoisotopic (exact) mass is 483 g/mol. The molecule has 1 aliphatic rings. The highest BCUT2D eigenvalue weighted by Crippen LogP contribution is 2.34.